The Morgan fingerprint density at radius 1 is 1.12 bits per heavy atom. The molecule has 0 atom stereocenters. The van der Waals surface area contributed by atoms with Gasteiger partial charge in [-0.25, -0.2) is 0 Å². The minimum absolute atomic E-state index is 0. The van der Waals surface area contributed by atoms with Gasteiger partial charge in [-0.1, -0.05) is 18.2 Å². The molecule has 0 aliphatic carbocycles. The van der Waals surface area contributed by atoms with Gasteiger partial charge in [0.1, 0.15) is 5.75 Å². The molecule has 2 N–H and O–H groups in total. The van der Waals surface area contributed by atoms with Crippen LogP contribution >= 0.6 is 24.0 Å². The Morgan fingerprint density at radius 3 is 2.48 bits per heavy atom. The number of guanidine groups is 1. The van der Waals surface area contributed by atoms with Crippen LogP contribution < -0.4 is 15.4 Å². The van der Waals surface area contributed by atoms with Crippen molar-refractivity contribution in [3.05, 3.63) is 59.9 Å². The molecule has 2 aromatic rings. The number of hydrogen-bond donors (Lipinski definition) is 2. The molecule has 0 aliphatic rings. The number of benzene rings is 1. The molecule has 136 valence electrons. The average Bonchev–Trinajstić information content (AvgIpc) is 2.59. The molecule has 1 heterocycles. The van der Waals surface area contributed by atoms with Crippen LogP contribution in [0.4, 0.5) is 0 Å². The van der Waals surface area contributed by atoms with E-state index in [0.717, 1.165) is 30.4 Å². The molecular formula is C19H27IN4O. The van der Waals surface area contributed by atoms with Gasteiger partial charge < -0.3 is 15.4 Å². The first-order valence-electron chi connectivity index (χ1n) is 8.27. The van der Waals surface area contributed by atoms with Crippen molar-refractivity contribution in [2.24, 2.45) is 4.99 Å². The van der Waals surface area contributed by atoms with Crippen molar-refractivity contribution < 1.29 is 4.74 Å². The Bertz CT molecular complexity index is 630. The normalized spacial score (nSPS) is 11.0. The van der Waals surface area contributed by atoms with E-state index in [1.54, 1.807) is 7.05 Å². The second kappa shape index (κ2) is 11.7. The molecule has 0 amide bonds. The number of nitrogens with zero attached hydrogens (tertiary/aromatic N) is 2. The van der Waals surface area contributed by atoms with Crippen LogP contribution in [0.15, 0.2) is 53.7 Å². The fourth-order valence-corrected chi connectivity index (χ4v) is 2.22. The Morgan fingerprint density at radius 2 is 1.88 bits per heavy atom. The van der Waals surface area contributed by atoms with E-state index in [4.69, 9.17) is 4.74 Å². The summed E-state index contributed by atoms with van der Waals surface area (Å²) in [6, 6.07) is 14.1. The monoisotopic (exact) mass is 454 g/mol. The van der Waals surface area contributed by atoms with Crippen LogP contribution in [0.3, 0.4) is 0 Å². The number of aliphatic imine (C=N–C) groups is 1. The number of hydrogen-bond acceptors (Lipinski definition) is 3. The SMILES string of the molecule is CN=C(NCCc1ccccn1)NCc1ccc(OC(C)C)cc1.I. The zero-order valence-electron chi connectivity index (χ0n) is 15.0. The third-order valence-electron chi connectivity index (χ3n) is 3.38. The topological polar surface area (TPSA) is 58.5 Å². The maximum atomic E-state index is 5.65. The number of halogens is 1. The van der Waals surface area contributed by atoms with E-state index in [1.165, 1.54) is 5.56 Å². The number of ether oxygens (including phenoxy) is 1. The van der Waals surface area contributed by atoms with Gasteiger partial charge in [0.2, 0.25) is 0 Å². The van der Waals surface area contributed by atoms with Crippen LogP contribution in [-0.4, -0.2) is 30.6 Å². The van der Waals surface area contributed by atoms with Gasteiger partial charge in [0.25, 0.3) is 0 Å². The van der Waals surface area contributed by atoms with E-state index in [2.05, 4.69) is 32.7 Å². The van der Waals surface area contributed by atoms with Crippen molar-refractivity contribution in [3.63, 3.8) is 0 Å². The summed E-state index contributed by atoms with van der Waals surface area (Å²) in [6.07, 6.45) is 2.87. The lowest BCUT2D eigenvalue weighted by atomic mass is 10.2. The molecule has 0 radical (unpaired) electrons. The van der Waals surface area contributed by atoms with Gasteiger partial charge in [0.15, 0.2) is 5.96 Å². The maximum Gasteiger partial charge on any atom is 0.191 e. The van der Waals surface area contributed by atoms with Crippen molar-refractivity contribution in [3.8, 4) is 5.75 Å². The zero-order valence-corrected chi connectivity index (χ0v) is 17.4. The van der Waals surface area contributed by atoms with Crippen molar-refractivity contribution in [2.75, 3.05) is 13.6 Å². The lowest BCUT2D eigenvalue weighted by molar-refractivity contribution is 0.242. The third kappa shape index (κ3) is 8.20. The van der Waals surface area contributed by atoms with Crippen molar-refractivity contribution >= 4 is 29.9 Å². The molecule has 0 saturated heterocycles. The quantitative estimate of drug-likeness (QED) is 0.383. The molecule has 0 aliphatic heterocycles. The molecule has 0 unspecified atom stereocenters. The summed E-state index contributed by atoms with van der Waals surface area (Å²) in [6.45, 7) is 5.55. The average molecular weight is 454 g/mol. The Balaban J connectivity index is 0.00000312. The summed E-state index contributed by atoms with van der Waals surface area (Å²) in [4.78, 5) is 8.55. The lowest BCUT2D eigenvalue weighted by Gasteiger charge is -2.13. The third-order valence-corrected chi connectivity index (χ3v) is 3.38. The summed E-state index contributed by atoms with van der Waals surface area (Å²) in [5, 5.41) is 6.61. The fourth-order valence-electron chi connectivity index (χ4n) is 2.22. The minimum atomic E-state index is 0. The molecule has 6 heteroatoms. The predicted octanol–water partition coefficient (Wildman–Crippen LogP) is 3.39. The highest BCUT2D eigenvalue weighted by Gasteiger charge is 2.01. The zero-order chi connectivity index (χ0) is 17.2. The molecule has 1 aromatic carbocycles. The second-order valence-electron chi connectivity index (χ2n) is 5.73. The molecular weight excluding hydrogens is 427 g/mol. The van der Waals surface area contributed by atoms with Gasteiger partial charge in [-0.15, -0.1) is 24.0 Å². The first kappa shape index (κ1) is 21.2. The number of rotatable bonds is 7. The van der Waals surface area contributed by atoms with Gasteiger partial charge in [0.05, 0.1) is 6.10 Å². The van der Waals surface area contributed by atoms with Gasteiger partial charge >= 0.3 is 0 Å². The highest BCUT2D eigenvalue weighted by Crippen LogP contribution is 2.13. The number of aromatic nitrogens is 1. The molecule has 0 bridgehead atoms. The summed E-state index contributed by atoms with van der Waals surface area (Å²) < 4.78 is 5.65. The van der Waals surface area contributed by atoms with Crippen LogP contribution in [-0.2, 0) is 13.0 Å². The fraction of sp³-hybridized carbons (Fsp3) is 0.368. The Labute approximate surface area is 167 Å². The van der Waals surface area contributed by atoms with Gasteiger partial charge in [0, 0.05) is 38.4 Å². The standard InChI is InChI=1S/C19H26N4O.HI/c1-15(2)24-18-9-7-16(8-10-18)14-23-19(20-3)22-13-11-17-6-4-5-12-21-17;/h4-10,12,15H,11,13-14H2,1-3H3,(H2,20,22,23);1H. The highest BCUT2D eigenvalue weighted by atomic mass is 127. The van der Waals surface area contributed by atoms with Crippen LogP contribution in [0.25, 0.3) is 0 Å². The number of pyridine rings is 1. The van der Waals surface area contributed by atoms with Crippen LogP contribution in [0, 0.1) is 0 Å². The van der Waals surface area contributed by atoms with Crippen molar-refractivity contribution in [2.45, 2.75) is 32.9 Å². The molecule has 5 nitrogen and oxygen atoms in total. The van der Waals surface area contributed by atoms with Crippen molar-refractivity contribution in [1.29, 1.82) is 0 Å². The second-order valence-corrected chi connectivity index (χ2v) is 5.73. The summed E-state index contributed by atoms with van der Waals surface area (Å²) in [7, 11) is 1.77. The number of nitrogens with one attached hydrogen (secondary N) is 2. The Hall–Kier alpha value is -1.83. The van der Waals surface area contributed by atoms with E-state index in [0.29, 0.717) is 6.54 Å². The summed E-state index contributed by atoms with van der Waals surface area (Å²) in [5.41, 5.74) is 2.25. The minimum Gasteiger partial charge on any atom is -0.491 e. The van der Waals surface area contributed by atoms with Gasteiger partial charge in [-0.2, -0.15) is 0 Å². The van der Waals surface area contributed by atoms with E-state index in [1.807, 2.05) is 50.4 Å². The van der Waals surface area contributed by atoms with Gasteiger partial charge in [-0.05, 0) is 43.7 Å². The Kier molecular flexibility index (Phi) is 9.91. The summed E-state index contributed by atoms with van der Waals surface area (Å²) >= 11 is 0. The molecule has 1 aromatic heterocycles. The smallest absolute Gasteiger partial charge is 0.191 e. The highest BCUT2D eigenvalue weighted by molar-refractivity contribution is 14.0. The maximum absolute atomic E-state index is 5.65. The van der Waals surface area contributed by atoms with Gasteiger partial charge in [-0.3, -0.25) is 9.98 Å². The summed E-state index contributed by atoms with van der Waals surface area (Å²) in [5.74, 6) is 1.68. The molecule has 0 fully saturated rings. The van der Waals surface area contributed by atoms with E-state index >= 15 is 0 Å². The van der Waals surface area contributed by atoms with E-state index < -0.39 is 0 Å². The lowest BCUT2D eigenvalue weighted by Crippen LogP contribution is -2.37. The van der Waals surface area contributed by atoms with E-state index in [9.17, 15) is 0 Å². The molecule has 2 rings (SSSR count). The first-order valence-corrected chi connectivity index (χ1v) is 8.27. The van der Waals surface area contributed by atoms with E-state index in [-0.39, 0.29) is 30.1 Å². The molecule has 0 spiro atoms. The van der Waals surface area contributed by atoms with Crippen molar-refractivity contribution in [1.82, 2.24) is 15.6 Å². The largest absolute Gasteiger partial charge is 0.491 e. The van der Waals surface area contributed by atoms with Crippen LogP contribution in [0.2, 0.25) is 0 Å². The first-order chi connectivity index (χ1) is 11.7. The molecule has 0 saturated carbocycles. The molecule has 25 heavy (non-hydrogen) atoms. The predicted molar refractivity (Wildman–Crippen MR) is 114 cm³/mol. The van der Waals surface area contributed by atoms with Crippen LogP contribution in [0.1, 0.15) is 25.1 Å². The van der Waals surface area contributed by atoms with Crippen LogP contribution in [0.5, 0.6) is 5.75 Å².